The first-order valence-electron chi connectivity index (χ1n) is 8.04. The van der Waals surface area contributed by atoms with Gasteiger partial charge in [0.1, 0.15) is 0 Å². The Balaban J connectivity index is 2.31. The molecule has 0 aliphatic carbocycles. The van der Waals surface area contributed by atoms with Crippen LogP contribution < -0.4 is 5.32 Å². The van der Waals surface area contributed by atoms with Crippen molar-refractivity contribution in [3.05, 3.63) is 35.9 Å². The molecule has 2 unspecified atom stereocenters. The Morgan fingerprint density at radius 2 is 1.70 bits per heavy atom. The molecule has 0 bridgehead atoms. The lowest BCUT2D eigenvalue weighted by molar-refractivity contribution is -0.165. The standard InChI is InChI=1S/C18H27NO4/c1-13(2)10-11-22-15(4)18(21)23-14(3)17(20)19-12-16-8-6-5-7-9-16/h5-9,13-15H,10-12H2,1-4H3,(H,19,20). The van der Waals surface area contributed by atoms with Crippen molar-refractivity contribution < 1.29 is 19.1 Å². The third-order valence-corrected chi connectivity index (χ3v) is 3.37. The van der Waals surface area contributed by atoms with Gasteiger partial charge in [-0.1, -0.05) is 44.2 Å². The Hall–Kier alpha value is -1.88. The lowest BCUT2D eigenvalue weighted by Gasteiger charge is -2.17. The summed E-state index contributed by atoms with van der Waals surface area (Å²) in [7, 11) is 0. The van der Waals surface area contributed by atoms with Gasteiger partial charge >= 0.3 is 5.97 Å². The molecule has 0 fully saturated rings. The van der Waals surface area contributed by atoms with E-state index < -0.39 is 18.2 Å². The van der Waals surface area contributed by atoms with E-state index in [1.807, 2.05) is 30.3 Å². The SMILES string of the molecule is CC(C)CCOC(C)C(=O)OC(C)C(=O)NCc1ccccc1. The summed E-state index contributed by atoms with van der Waals surface area (Å²) in [6.07, 6.45) is -0.634. The molecular formula is C18H27NO4. The molecular weight excluding hydrogens is 294 g/mol. The topological polar surface area (TPSA) is 64.6 Å². The maximum Gasteiger partial charge on any atom is 0.335 e. The molecule has 0 spiro atoms. The Bertz CT molecular complexity index is 487. The summed E-state index contributed by atoms with van der Waals surface area (Å²) in [5.41, 5.74) is 0.991. The summed E-state index contributed by atoms with van der Waals surface area (Å²) < 4.78 is 10.6. The highest BCUT2D eigenvalue weighted by atomic mass is 16.6. The van der Waals surface area contributed by atoms with Crippen molar-refractivity contribution in [2.75, 3.05) is 6.61 Å². The Kier molecular flexibility index (Phi) is 8.33. The molecule has 0 saturated carbocycles. The van der Waals surface area contributed by atoms with Crippen molar-refractivity contribution in [3.8, 4) is 0 Å². The highest BCUT2D eigenvalue weighted by Crippen LogP contribution is 2.04. The summed E-state index contributed by atoms with van der Waals surface area (Å²) in [5, 5.41) is 2.74. The maximum atomic E-state index is 11.9. The second-order valence-corrected chi connectivity index (χ2v) is 5.98. The molecule has 5 heteroatoms. The van der Waals surface area contributed by atoms with E-state index in [0.717, 1.165) is 12.0 Å². The number of hydrogen-bond acceptors (Lipinski definition) is 4. The van der Waals surface area contributed by atoms with E-state index in [9.17, 15) is 9.59 Å². The van der Waals surface area contributed by atoms with Crippen molar-refractivity contribution in [1.82, 2.24) is 5.32 Å². The highest BCUT2D eigenvalue weighted by Gasteiger charge is 2.22. The molecule has 0 aliphatic heterocycles. The summed E-state index contributed by atoms with van der Waals surface area (Å²) >= 11 is 0. The quantitative estimate of drug-likeness (QED) is 0.710. The van der Waals surface area contributed by atoms with E-state index >= 15 is 0 Å². The van der Waals surface area contributed by atoms with Crippen LogP contribution in [0.15, 0.2) is 30.3 Å². The summed E-state index contributed by atoms with van der Waals surface area (Å²) in [4.78, 5) is 23.8. The minimum atomic E-state index is -0.845. The van der Waals surface area contributed by atoms with Crippen LogP contribution in [0.2, 0.25) is 0 Å². The van der Waals surface area contributed by atoms with Gasteiger partial charge in [-0.15, -0.1) is 0 Å². The minimum absolute atomic E-state index is 0.323. The third-order valence-electron chi connectivity index (χ3n) is 3.37. The zero-order chi connectivity index (χ0) is 17.2. The predicted molar refractivity (Wildman–Crippen MR) is 88.7 cm³/mol. The van der Waals surface area contributed by atoms with E-state index in [4.69, 9.17) is 9.47 Å². The summed E-state index contributed by atoms with van der Waals surface area (Å²) in [6.45, 7) is 8.28. The average Bonchev–Trinajstić information content (AvgIpc) is 2.52. The van der Waals surface area contributed by atoms with E-state index in [1.165, 1.54) is 0 Å². The number of amides is 1. The van der Waals surface area contributed by atoms with Crippen molar-refractivity contribution >= 4 is 11.9 Å². The van der Waals surface area contributed by atoms with Crippen LogP contribution in [-0.2, 0) is 25.6 Å². The first-order chi connectivity index (χ1) is 10.9. The van der Waals surface area contributed by atoms with E-state index in [2.05, 4.69) is 19.2 Å². The number of carbonyl (C=O) groups is 2. The van der Waals surface area contributed by atoms with Crippen molar-refractivity contribution in [2.45, 2.75) is 52.9 Å². The van der Waals surface area contributed by atoms with Gasteiger partial charge < -0.3 is 14.8 Å². The number of carbonyl (C=O) groups excluding carboxylic acids is 2. The van der Waals surface area contributed by atoms with Gasteiger partial charge in [0.15, 0.2) is 12.2 Å². The predicted octanol–water partition coefficient (Wildman–Crippen LogP) is 2.69. The fourth-order valence-corrected chi connectivity index (χ4v) is 1.80. The second kappa shape index (κ2) is 10.0. The molecule has 23 heavy (non-hydrogen) atoms. The molecule has 0 aromatic heterocycles. The third kappa shape index (κ3) is 7.79. The van der Waals surface area contributed by atoms with Crippen molar-refractivity contribution in [1.29, 1.82) is 0 Å². The second-order valence-electron chi connectivity index (χ2n) is 5.98. The van der Waals surface area contributed by atoms with Crippen LogP contribution in [0.3, 0.4) is 0 Å². The molecule has 2 atom stereocenters. The maximum absolute atomic E-state index is 11.9. The van der Waals surface area contributed by atoms with Gasteiger partial charge in [-0.05, 0) is 31.7 Å². The Labute approximate surface area is 138 Å². The number of rotatable bonds is 9. The Morgan fingerprint density at radius 1 is 1.04 bits per heavy atom. The molecule has 0 saturated heterocycles. The fourth-order valence-electron chi connectivity index (χ4n) is 1.80. The van der Waals surface area contributed by atoms with Gasteiger partial charge in [0.05, 0.1) is 0 Å². The molecule has 1 N–H and O–H groups in total. The lowest BCUT2D eigenvalue weighted by atomic mass is 10.1. The van der Waals surface area contributed by atoms with Crippen LogP contribution >= 0.6 is 0 Å². The van der Waals surface area contributed by atoms with Gasteiger partial charge in [0.25, 0.3) is 5.91 Å². The molecule has 0 radical (unpaired) electrons. The van der Waals surface area contributed by atoms with Crippen LogP contribution in [0, 0.1) is 5.92 Å². The van der Waals surface area contributed by atoms with Crippen LogP contribution in [0.4, 0.5) is 0 Å². The number of hydrogen-bond donors (Lipinski definition) is 1. The van der Waals surface area contributed by atoms with Crippen molar-refractivity contribution in [3.63, 3.8) is 0 Å². The Morgan fingerprint density at radius 3 is 2.30 bits per heavy atom. The first-order valence-corrected chi connectivity index (χ1v) is 8.04. The van der Waals surface area contributed by atoms with Gasteiger partial charge in [0.2, 0.25) is 0 Å². The normalized spacial score (nSPS) is 13.4. The van der Waals surface area contributed by atoms with E-state index in [1.54, 1.807) is 13.8 Å². The average molecular weight is 321 g/mol. The number of esters is 1. The molecule has 1 aromatic rings. The van der Waals surface area contributed by atoms with Gasteiger partial charge in [-0.25, -0.2) is 4.79 Å². The van der Waals surface area contributed by atoms with E-state index in [0.29, 0.717) is 19.1 Å². The van der Waals surface area contributed by atoms with Crippen LogP contribution in [0.1, 0.15) is 39.7 Å². The van der Waals surface area contributed by atoms with E-state index in [-0.39, 0.29) is 5.91 Å². The molecule has 0 heterocycles. The molecule has 0 aliphatic rings. The van der Waals surface area contributed by atoms with Crippen LogP contribution in [0.5, 0.6) is 0 Å². The molecule has 1 amide bonds. The summed E-state index contributed by atoms with van der Waals surface area (Å²) in [5.74, 6) is -0.325. The monoisotopic (exact) mass is 321 g/mol. The molecule has 5 nitrogen and oxygen atoms in total. The zero-order valence-electron chi connectivity index (χ0n) is 14.4. The summed E-state index contributed by atoms with van der Waals surface area (Å²) in [6, 6.07) is 9.56. The largest absolute Gasteiger partial charge is 0.451 e. The van der Waals surface area contributed by atoms with Gasteiger partial charge in [0, 0.05) is 13.2 Å². The highest BCUT2D eigenvalue weighted by molar-refractivity contribution is 5.84. The molecule has 128 valence electrons. The van der Waals surface area contributed by atoms with Gasteiger partial charge in [-0.2, -0.15) is 0 Å². The number of nitrogens with one attached hydrogen (secondary N) is 1. The van der Waals surface area contributed by atoms with Crippen LogP contribution in [-0.4, -0.2) is 30.7 Å². The van der Waals surface area contributed by atoms with Crippen LogP contribution in [0.25, 0.3) is 0 Å². The zero-order valence-corrected chi connectivity index (χ0v) is 14.4. The number of ether oxygens (including phenoxy) is 2. The molecule has 1 aromatic carbocycles. The smallest absolute Gasteiger partial charge is 0.335 e. The van der Waals surface area contributed by atoms with Crippen molar-refractivity contribution in [2.24, 2.45) is 5.92 Å². The van der Waals surface area contributed by atoms with Gasteiger partial charge in [-0.3, -0.25) is 4.79 Å². The first kappa shape index (κ1) is 19.2. The molecule has 1 rings (SSSR count). The lowest BCUT2D eigenvalue weighted by Crippen LogP contribution is -2.38. The minimum Gasteiger partial charge on any atom is -0.451 e. The fraction of sp³-hybridized carbons (Fsp3) is 0.556. The number of benzene rings is 1.